The molecule has 1 rings (SSSR count). The van der Waals surface area contributed by atoms with Crippen LogP contribution < -0.4 is 5.32 Å². The minimum absolute atomic E-state index is 0. The van der Waals surface area contributed by atoms with Crippen molar-refractivity contribution in [3.05, 3.63) is 0 Å². The van der Waals surface area contributed by atoms with Gasteiger partial charge in [0.1, 0.15) is 0 Å². The highest BCUT2D eigenvalue weighted by Gasteiger charge is 1.93. The average molecular weight is 133 g/mol. The van der Waals surface area contributed by atoms with Crippen LogP contribution >= 0.6 is 0 Å². The molecule has 2 heteroatoms. The summed E-state index contributed by atoms with van der Waals surface area (Å²) in [5.74, 6) is 0. The van der Waals surface area contributed by atoms with Gasteiger partial charge in [0.2, 0.25) is 0 Å². The Morgan fingerprint density at radius 1 is 0.889 bits per heavy atom. The number of nitrogens with one attached hydrogen (secondary N) is 1. The molecule has 0 radical (unpaired) electrons. The molecule has 1 aliphatic heterocycles. The van der Waals surface area contributed by atoms with Crippen molar-refractivity contribution < 1.29 is 5.48 Å². The molecule has 2 nitrogen and oxygen atoms in total. The fourth-order valence-corrected chi connectivity index (χ4v) is 0.802. The smallest absolute Gasteiger partial charge is 0.00489 e. The maximum atomic E-state index is 3.28. The molecule has 0 unspecified atom stereocenters. The van der Waals surface area contributed by atoms with Gasteiger partial charge in [0.05, 0.1) is 0 Å². The lowest BCUT2D eigenvalue weighted by Crippen LogP contribution is -2.21. The number of hydrogen-bond acceptors (Lipinski definition) is 1. The largest absolute Gasteiger partial charge is 0.412 e. The molecule has 0 amide bonds. The Morgan fingerprint density at radius 3 is 1.44 bits per heavy atom. The fraction of sp³-hybridized carbons (Fsp3) is 1.00. The molecule has 0 atom stereocenters. The third-order valence-electron chi connectivity index (χ3n) is 1.21. The summed E-state index contributed by atoms with van der Waals surface area (Å²) in [7, 11) is 0. The molecule has 58 valence electrons. The minimum atomic E-state index is 0. The van der Waals surface area contributed by atoms with E-state index in [4.69, 9.17) is 0 Å². The fourth-order valence-electron chi connectivity index (χ4n) is 0.802. The van der Waals surface area contributed by atoms with Gasteiger partial charge in [-0.2, -0.15) is 0 Å². The minimum Gasteiger partial charge on any atom is -0.412 e. The summed E-state index contributed by atoms with van der Waals surface area (Å²) in [5, 5.41) is 3.28. The summed E-state index contributed by atoms with van der Waals surface area (Å²) in [5.41, 5.74) is 0. The number of hydrogen-bond donors (Lipinski definition) is 1. The predicted molar refractivity (Wildman–Crippen MR) is 41.7 cm³/mol. The highest BCUT2D eigenvalue weighted by atomic mass is 16.0. The van der Waals surface area contributed by atoms with Crippen molar-refractivity contribution >= 4 is 0 Å². The highest BCUT2D eigenvalue weighted by molar-refractivity contribution is 4.55. The molecule has 1 fully saturated rings. The summed E-state index contributed by atoms with van der Waals surface area (Å²) in [6.45, 7) is 6.50. The van der Waals surface area contributed by atoms with Crippen molar-refractivity contribution in [3.8, 4) is 0 Å². The molecule has 1 saturated heterocycles. The first-order valence-corrected chi connectivity index (χ1v) is 3.71. The SMILES string of the molecule is C1CCNCC1.CC.O. The van der Waals surface area contributed by atoms with Crippen molar-refractivity contribution in [1.82, 2.24) is 5.32 Å². The van der Waals surface area contributed by atoms with Crippen molar-refractivity contribution in [2.45, 2.75) is 33.1 Å². The Kier molecular flexibility index (Phi) is 14.0. The van der Waals surface area contributed by atoms with E-state index in [0.717, 1.165) is 0 Å². The van der Waals surface area contributed by atoms with Gasteiger partial charge >= 0.3 is 0 Å². The monoisotopic (exact) mass is 133 g/mol. The second kappa shape index (κ2) is 10.8. The first kappa shape index (κ1) is 11.7. The van der Waals surface area contributed by atoms with Gasteiger partial charge < -0.3 is 10.8 Å². The summed E-state index contributed by atoms with van der Waals surface area (Å²) in [4.78, 5) is 0. The lowest BCUT2D eigenvalue weighted by molar-refractivity contribution is 0.520. The van der Waals surface area contributed by atoms with E-state index in [2.05, 4.69) is 5.32 Å². The highest BCUT2D eigenvalue weighted by Crippen LogP contribution is 1.96. The first-order valence-electron chi connectivity index (χ1n) is 3.71. The molecular weight excluding hydrogens is 114 g/mol. The van der Waals surface area contributed by atoms with E-state index >= 15 is 0 Å². The molecule has 9 heavy (non-hydrogen) atoms. The zero-order valence-electron chi connectivity index (χ0n) is 6.54. The molecule has 0 aliphatic carbocycles. The Hall–Kier alpha value is -0.0800. The average Bonchev–Trinajstić information content (AvgIpc) is 1.96. The molecule has 0 aromatic rings. The Bertz CT molecular complexity index is 24.4. The number of rotatable bonds is 0. The van der Waals surface area contributed by atoms with Crippen LogP contribution in [0.1, 0.15) is 33.1 Å². The van der Waals surface area contributed by atoms with Crippen LogP contribution in [0.2, 0.25) is 0 Å². The van der Waals surface area contributed by atoms with E-state index < -0.39 is 0 Å². The van der Waals surface area contributed by atoms with Gasteiger partial charge in [-0.3, -0.25) is 0 Å². The van der Waals surface area contributed by atoms with Crippen LogP contribution in [0.4, 0.5) is 0 Å². The summed E-state index contributed by atoms with van der Waals surface area (Å²) in [6.07, 6.45) is 4.22. The third-order valence-corrected chi connectivity index (χ3v) is 1.21. The summed E-state index contributed by atoms with van der Waals surface area (Å²) in [6, 6.07) is 0. The van der Waals surface area contributed by atoms with Gasteiger partial charge in [-0.1, -0.05) is 20.3 Å². The standard InChI is InChI=1S/C5H11N.C2H6.H2O/c1-2-4-6-5-3-1;1-2;/h6H,1-5H2;1-2H3;1H2. The molecule has 1 aliphatic rings. The van der Waals surface area contributed by atoms with Crippen molar-refractivity contribution in [3.63, 3.8) is 0 Å². The molecular formula is C7H19NO. The van der Waals surface area contributed by atoms with Gasteiger partial charge in [0, 0.05) is 0 Å². The van der Waals surface area contributed by atoms with Crippen LogP contribution in [0.25, 0.3) is 0 Å². The zero-order chi connectivity index (χ0) is 6.24. The van der Waals surface area contributed by atoms with Crippen LogP contribution in [0.15, 0.2) is 0 Å². The van der Waals surface area contributed by atoms with E-state index in [9.17, 15) is 0 Å². The van der Waals surface area contributed by atoms with E-state index in [-0.39, 0.29) is 5.48 Å². The van der Waals surface area contributed by atoms with Crippen molar-refractivity contribution in [2.75, 3.05) is 13.1 Å². The van der Waals surface area contributed by atoms with E-state index in [1.54, 1.807) is 0 Å². The first-order chi connectivity index (χ1) is 4.00. The second-order valence-electron chi connectivity index (χ2n) is 1.81. The molecule has 1 heterocycles. The zero-order valence-corrected chi connectivity index (χ0v) is 6.54. The molecule has 0 bridgehead atoms. The lowest BCUT2D eigenvalue weighted by atomic mass is 10.2. The predicted octanol–water partition coefficient (Wildman–Crippen LogP) is 0.961. The van der Waals surface area contributed by atoms with Crippen LogP contribution in [-0.2, 0) is 0 Å². The Balaban J connectivity index is 0. The third kappa shape index (κ3) is 7.92. The van der Waals surface area contributed by atoms with Gasteiger partial charge in [-0.05, 0) is 25.9 Å². The number of piperidine rings is 1. The summed E-state index contributed by atoms with van der Waals surface area (Å²) < 4.78 is 0. The van der Waals surface area contributed by atoms with Gasteiger partial charge in [-0.25, -0.2) is 0 Å². The molecule has 3 N–H and O–H groups in total. The van der Waals surface area contributed by atoms with E-state index in [1.807, 2.05) is 13.8 Å². The lowest BCUT2D eigenvalue weighted by Gasteiger charge is -2.08. The van der Waals surface area contributed by atoms with Crippen LogP contribution in [0.3, 0.4) is 0 Å². The van der Waals surface area contributed by atoms with Crippen molar-refractivity contribution in [2.24, 2.45) is 0 Å². The topological polar surface area (TPSA) is 43.5 Å². The van der Waals surface area contributed by atoms with E-state index in [1.165, 1.54) is 32.4 Å². The normalized spacial score (nSPS) is 16.7. The molecule has 0 spiro atoms. The van der Waals surface area contributed by atoms with Crippen LogP contribution in [0.5, 0.6) is 0 Å². The molecule has 0 aromatic carbocycles. The van der Waals surface area contributed by atoms with Gasteiger partial charge in [0.15, 0.2) is 0 Å². The Labute approximate surface area is 58.0 Å². The van der Waals surface area contributed by atoms with Gasteiger partial charge in [0.25, 0.3) is 0 Å². The second-order valence-corrected chi connectivity index (χ2v) is 1.81. The molecule has 0 aromatic heterocycles. The van der Waals surface area contributed by atoms with Crippen LogP contribution in [-0.4, -0.2) is 18.6 Å². The maximum Gasteiger partial charge on any atom is -0.00489 e. The summed E-state index contributed by atoms with van der Waals surface area (Å²) >= 11 is 0. The molecule has 0 saturated carbocycles. The quantitative estimate of drug-likeness (QED) is 0.525. The van der Waals surface area contributed by atoms with Crippen molar-refractivity contribution in [1.29, 1.82) is 0 Å². The van der Waals surface area contributed by atoms with E-state index in [0.29, 0.717) is 0 Å². The van der Waals surface area contributed by atoms with Crippen LogP contribution in [0, 0.1) is 0 Å². The Morgan fingerprint density at radius 2 is 1.33 bits per heavy atom. The maximum absolute atomic E-state index is 3.28. The van der Waals surface area contributed by atoms with Gasteiger partial charge in [-0.15, -0.1) is 0 Å².